The van der Waals surface area contributed by atoms with Crippen LogP contribution in [0.2, 0.25) is 0 Å². The van der Waals surface area contributed by atoms with E-state index in [4.69, 9.17) is 4.74 Å². The first kappa shape index (κ1) is 15.7. The van der Waals surface area contributed by atoms with Crippen LogP contribution in [0.3, 0.4) is 0 Å². The van der Waals surface area contributed by atoms with E-state index in [9.17, 15) is 4.79 Å². The highest BCUT2D eigenvalue weighted by Gasteiger charge is 2.07. The number of amides is 2. The monoisotopic (exact) mass is 323 g/mol. The first-order valence-corrected chi connectivity index (χ1v) is 7.52. The Kier molecular flexibility index (Phi) is 4.51. The molecule has 0 spiro atoms. The molecule has 2 heterocycles. The maximum atomic E-state index is 11.6. The van der Waals surface area contributed by atoms with Crippen LogP contribution < -0.4 is 15.4 Å². The number of pyridine rings is 1. The molecular weight excluding hydrogens is 306 g/mol. The summed E-state index contributed by atoms with van der Waals surface area (Å²) in [5.74, 6) is 1.20. The topological polar surface area (TPSA) is 89.0 Å². The highest BCUT2D eigenvalue weighted by Crippen LogP contribution is 2.22. The third-order valence-corrected chi connectivity index (χ3v) is 3.37. The summed E-state index contributed by atoms with van der Waals surface area (Å²) in [4.78, 5) is 24.8. The Bertz CT molecular complexity index is 864. The number of anilines is 1. The van der Waals surface area contributed by atoms with Crippen LogP contribution in [0.15, 0.2) is 42.6 Å². The van der Waals surface area contributed by atoms with Gasteiger partial charge in [0, 0.05) is 12.1 Å². The van der Waals surface area contributed by atoms with Gasteiger partial charge in [0.1, 0.15) is 17.1 Å². The zero-order valence-corrected chi connectivity index (χ0v) is 13.4. The van der Waals surface area contributed by atoms with Crippen LogP contribution in [0.4, 0.5) is 10.6 Å². The Morgan fingerprint density at radius 2 is 1.92 bits per heavy atom. The molecule has 0 saturated heterocycles. The summed E-state index contributed by atoms with van der Waals surface area (Å²) in [6.45, 7) is 2.39. The lowest BCUT2D eigenvalue weighted by Crippen LogP contribution is -2.28. The molecule has 7 nitrogen and oxygen atoms in total. The van der Waals surface area contributed by atoms with Crippen LogP contribution in [0.1, 0.15) is 6.92 Å². The van der Waals surface area contributed by atoms with Gasteiger partial charge in [0.15, 0.2) is 5.65 Å². The van der Waals surface area contributed by atoms with Gasteiger partial charge in [0.25, 0.3) is 0 Å². The van der Waals surface area contributed by atoms with E-state index in [-0.39, 0.29) is 6.03 Å². The van der Waals surface area contributed by atoms with E-state index in [1.165, 1.54) is 0 Å². The number of hydrogen-bond donors (Lipinski definition) is 2. The van der Waals surface area contributed by atoms with E-state index in [1.54, 1.807) is 25.4 Å². The lowest BCUT2D eigenvalue weighted by atomic mass is 10.1. The lowest BCUT2D eigenvalue weighted by molar-refractivity contribution is 0.252. The molecule has 7 heteroatoms. The Morgan fingerprint density at radius 3 is 2.62 bits per heavy atom. The number of fused-ring (bicyclic) bond motifs is 1. The van der Waals surface area contributed by atoms with Gasteiger partial charge in [-0.3, -0.25) is 10.3 Å². The highest BCUT2D eigenvalue weighted by atomic mass is 16.5. The van der Waals surface area contributed by atoms with Gasteiger partial charge in [0.05, 0.1) is 19.0 Å². The maximum Gasteiger partial charge on any atom is 0.320 e. The molecule has 3 aromatic rings. The van der Waals surface area contributed by atoms with Crippen LogP contribution in [0, 0.1) is 0 Å². The normalized spacial score (nSPS) is 10.4. The van der Waals surface area contributed by atoms with Crippen molar-refractivity contribution < 1.29 is 9.53 Å². The number of nitrogens with zero attached hydrogens (tertiary/aromatic N) is 3. The van der Waals surface area contributed by atoms with Crippen molar-refractivity contribution in [1.82, 2.24) is 20.3 Å². The summed E-state index contributed by atoms with van der Waals surface area (Å²) in [5.41, 5.74) is 2.74. The van der Waals surface area contributed by atoms with E-state index in [1.807, 2.05) is 31.2 Å². The minimum atomic E-state index is -0.302. The maximum absolute atomic E-state index is 11.6. The third-order valence-electron chi connectivity index (χ3n) is 3.37. The predicted octanol–water partition coefficient (Wildman–Crippen LogP) is 2.84. The van der Waals surface area contributed by atoms with Crippen molar-refractivity contribution >= 4 is 23.0 Å². The molecule has 0 aliphatic heterocycles. The fourth-order valence-corrected chi connectivity index (χ4v) is 2.19. The van der Waals surface area contributed by atoms with Gasteiger partial charge in [-0.1, -0.05) is 0 Å². The van der Waals surface area contributed by atoms with Crippen molar-refractivity contribution in [3.8, 4) is 17.0 Å². The van der Waals surface area contributed by atoms with Crippen LogP contribution in [0.25, 0.3) is 22.4 Å². The number of hydrogen-bond acceptors (Lipinski definition) is 5. The summed E-state index contributed by atoms with van der Waals surface area (Å²) in [6.07, 6.45) is 1.70. The van der Waals surface area contributed by atoms with Crippen molar-refractivity contribution in [3.63, 3.8) is 0 Å². The fourth-order valence-electron chi connectivity index (χ4n) is 2.19. The van der Waals surface area contributed by atoms with Gasteiger partial charge in [0.2, 0.25) is 0 Å². The molecule has 0 unspecified atom stereocenters. The second-order valence-corrected chi connectivity index (χ2v) is 5.01. The molecule has 122 valence electrons. The minimum absolute atomic E-state index is 0.302. The van der Waals surface area contributed by atoms with Crippen LogP contribution in [0.5, 0.6) is 5.75 Å². The number of nitrogens with one attached hydrogen (secondary N) is 2. The van der Waals surface area contributed by atoms with Gasteiger partial charge in [-0.2, -0.15) is 0 Å². The SMILES string of the molecule is CCNC(=O)Nc1ccc2ncc(-c3ccc(OC)cc3)nc2n1. The molecule has 2 amide bonds. The van der Waals surface area contributed by atoms with E-state index in [0.29, 0.717) is 29.2 Å². The van der Waals surface area contributed by atoms with Crippen molar-refractivity contribution in [3.05, 3.63) is 42.6 Å². The van der Waals surface area contributed by atoms with Crippen molar-refractivity contribution in [2.75, 3.05) is 19.0 Å². The molecule has 0 aliphatic rings. The van der Waals surface area contributed by atoms with Crippen LogP contribution in [-0.4, -0.2) is 34.6 Å². The lowest BCUT2D eigenvalue weighted by Gasteiger charge is -2.07. The van der Waals surface area contributed by atoms with Gasteiger partial charge in [-0.05, 0) is 43.3 Å². The van der Waals surface area contributed by atoms with Crippen LogP contribution in [-0.2, 0) is 0 Å². The average molecular weight is 323 g/mol. The summed E-state index contributed by atoms with van der Waals surface area (Å²) >= 11 is 0. The zero-order valence-electron chi connectivity index (χ0n) is 13.4. The Morgan fingerprint density at radius 1 is 1.12 bits per heavy atom. The molecule has 2 aromatic heterocycles. The van der Waals surface area contributed by atoms with Crippen LogP contribution >= 0.6 is 0 Å². The smallest absolute Gasteiger partial charge is 0.320 e. The third kappa shape index (κ3) is 3.40. The summed E-state index contributed by atoms with van der Waals surface area (Å²) in [5, 5.41) is 5.32. The molecule has 0 radical (unpaired) electrons. The number of benzene rings is 1. The summed E-state index contributed by atoms with van der Waals surface area (Å²) in [7, 11) is 1.62. The number of methoxy groups -OCH3 is 1. The molecule has 0 fully saturated rings. The molecule has 3 rings (SSSR count). The van der Waals surface area contributed by atoms with Gasteiger partial charge in [-0.15, -0.1) is 0 Å². The number of carbonyl (C=O) groups excluding carboxylic acids is 1. The number of rotatable bonds is 4. The van der Waals surface area contributed by atoms with Crippen molar-refractivity contribution in [1.29, 1.82) is 0 Å². The summed E-state index contributed by atoms with van der Waals surface area (Å²) < 4.78 is 5.15. The predicted molar refractivity (Wildman–Crippen MR) is 92.0 cm³/mol. The first-order valence-electron chi connectivity index (χ1n) is 7.52. The van der Waals surface area contributed by atoms with E-state index >= 15 is 0 Å². The molecular formula is C17H17N5O2. The van der Waals surface area contributed by atoms with Crippen molar-refractivity contribution in [2.24, 2.45) is 0 Å². The number of carbonyl (C=O) groups is 1. The molecule has 0 aliphatic carbocycles. The van der Waals surface area contributed by atoms with E-state index in [0.717, 1.165) is 11.3 Å². The Labute approximate surface area is 139 Å². The zero-order chi connectivity index (χ0) is 16.9. The first-order chi connectivity index (χ1) is 11.7. The second-order valence-electron chi connectivity index (χ2n) is 5.01. The molecule has 24 heavy (non-hydrogen) atoms. The Hall–Kier alpha value is -3.22. The van der Waals surface area contributed by atoms with E-state index in [2.05, 4.69) is 25.6 Å². The number of aromatic nitrogens is 3. The quantitative estimate of drug-likeness (QED) is 0.770. The fraction of sp³-hybridized carbons (Fsp3) is 0.176. The highest BCUT2D eigenvalue weighted by molar-refractivity contribution is 5.89. The summed E-state index contributed by atoms with van der Waals surface area (Å²) in [6, 6.07) is 10.7. The van der Waals surface area contributed by atoms with Crippen molar-refractivity contribution in [2.45, 2.75) is 6.92 Å². The molecule has 1 aromatic carbocycles. The largest absolute Gasteiger partial charge is 0.497 e. The molecule has 2 N–H and O–H groups in total. The van der Waals surface area contributed by atoms with Gasteiger partial charge < -0.3 is 10.1 Å². The number of urea groups is 1. The standard InChI is InChI=1S/C17H17N5O2/c1-3-18-17(23)22-15-9-8-13-16(21-15)20-14(10-19-13)11-4-6-12(24-2)7-5-11/h4-10H,3H2,1-2H3,(H2,18,20,21,22,23). The molecule has 0 bridgehead atoms. The van der Waals surface area contributed by atoms with E-state index < -0.39 is 0 Å². The minimum Gasteiger partial charge on any atom is -0.497 e. The molecule has 0 atom stereocenters. The second kappa shape index (κ2) is 6.91. The molecule has 0 saturated carbocycles. The average Bonchev–Trinajstić information content (AvgIpc) is 2.61. The van der Waals surface area contributed by atoms with Gasteiger partial charge in [-0.25, -0.2) is 14.8 Å². The van der Waals surface area contributed by atoms with Gasteiger partial charge >= 0.3 is 6.03 Å². The number of ether oxygens (including phenoxy) is 1. The Balaban J connectivity index is 1.91.